The predicted molar refractivity (Wildman–Crippen MR) is 116 cm³/mol. The van der Waals surface area contributed by atoms with Crippen molar-refractivity contribution in [3.05, 3.63) is 23.0 Å². The number of ether oxygens (including phenoxy) is 4. The molecule has 1 saturated carbocycles. The van der Waals surface area contributed by atoms with Crippen molar-refractivity contribution in [1.82, 2.24) is 0 Å². The zero-order valence-corrected chi connectivity index (χ0v) is 19.5. The van der Waals surface area contributed by atoms with Crippen LogP contribution in [0.2, 0.25) is 0 Å². The van der Waals surface area contributed by atoms with Crippen molar-refractivity contribution in [3.63, 3.8) is 0 Å². The monoisotopic (exact) mass is 472 g/mol. The highest BCUT2D eigenvalue weighted by Gasteiger charge is 2.79. The molecule has 0 radical (unpaired) electrons. The molecule has 0 aromatic heterocycles. The van der Waals surface area contributed by atoms with E-state index in [-0.39, 0.29) is 29.7 Å². The minimum absolute atomic E-state index is 0.0744. The molecule has 8 nitrogen and oxygen atoms in total. The minimum Gasteiger partial charge on any atom is -0.498 e. The highest BCUT2D eigenvalue weighted by Crippen LogP contribution is 2.68. The Morgan fingerprint density at radius 1 is 0.912 bits per heavy atom. The summed E-state index contributed by atoms with van der Waals surface area (Å²) in [6.07, 6.45) is 1.16. The van der Waals surface area contributed by atoms with Crippen LogP contribution in [0, 0.1) is 17.3 Å². The minimum atomic E-state index is -1.19. The zero-order chi connectivity index (χ0) is 23.5. The molecule has 0 amide bonds. The molecule has 8 aliphatic rings. The highest BCUT2D eigenvalue weighted by atomic mass is 16.6. The number of fused-ring (bicyclic) bond motifs is 3. The van der Waals surface area contributed by atoms with Crippen LogP contribution >= 0.6 is 0 Å². The summed E-state index contributed by atoms with van der Waals surface area (Å²) in [5.41, 5.74) is 0.400. The Kier molecular flexibility index (Phi) is 4.61. The van der Waals surface area contributed by atoms with E-state index in [0.717, 1.165) is 38.5 Å². The molecule has 0 aromatic carbocycles. The number of rotatable bonds is 6. The molecule has 12 atom stereocenters. The summed E-state index contributed by atoms with van der Waals surface area (Å²) in [5.74, 6) is -0.916. The molecule has 184 valence electrons. The van der Waals surface area contributed by atoms with E-state index in [2.05, 4.69) is 13.8 Å². The Morgan fingerprint density at radius 2 is 1.59 bits per heavy atom. The number of unbranched alkanes of at least 4 members (excludes halogenated alkanes) is 2. The molecular formula is C26H32O8. The standard InChI is InChI=1S/C26H32O8/c1-3-5-7-11-13-14-15(19(29)22-21(33-22)18(14)28)25(32-11)26-10(17(27)20-23(34-20)24(26)30)9-31-12(16(13)26)8-6-4-2/h9,11-13,16-17,19-23,25,27,29H,3-8H2,1-2H3. The molecule has 2 N–H and O–H groups in total. The van der Waals surface area contributed by atoms with E-state index in [1.165, 1.54) is 0 Å². The summed E-state index contributed by atoms with van der Waals surface area (Å²) in [6, 6.07) is 0. The maximum Gasteiger partial charge on any atom is 0.190 e. The normalized spacial score (nSPS) is 51.5. The number of hydrogen-bond acceptors (Lipinski definition) is 8. The van der Waals surface area contributed by atoms with E-state index in [1.807, 2.05) is 0 Å². The average molecular weight is 473 g/mol. The van der Waals surface area contributed by atoms with Crippen molar-refractivity contribution < 1.29 is 38.7 Å². The molecule has 12 unspecified atom stereocenters. The summed E-state index contributed by atoms with van der Waals surface area (Å²) < 4.78 is 24.2. The Labute approximate surface area is 198 Å². The van der Waals surface area contributed by atoms with Gasteiger partial charge in [-0.15, -0.1) is 0 Å². The van der Waals surface area contributed by atoms with E-state index in [0.29, 0.717) is 16.7 Å². The van der Waals surface area contributed by atoms with E-state index < -0.39 is 54.1 Å². The topological polar surface area (TPSA) is 118 Å². The van der Waals surface area contributed by atoms with Gasteiger partial charge in [0, 0.05) is 23.0 Å². The van der Waals surface area contributed by atoms with Crippen LogP contribution in [0.5, 0.6) is 0 Å². The number of Topliss-reactive ketones (excluding diaryl/α,β-unsaturated/α-hetero) is 2. The number of epoxide rings is 2. The number of aliphatic hydroxyl groups excluding tert-OH is 2. The first-order valence-electron chi connectivity index (χ1n) is 13.0. The molecule has 8 heteroatoms. The fourth-order valence-electron chi connectivity index (χ4n) is 7.85. The van der Waals surface area contributed by atoms with Gasteiger partial charge in [0.2, 0.25) is 0 Å². The second-order valence-electron chi connectivity index (χ2n) is 11.0. The van der Waals surface area contributed by atoms with Gasteiger partial charge in [-0.2, -0.15) is 0 Å². The smallest absolute Gasteiger partial charge is 0.190 e. The second-order valence-corrected chi connectivity index (χ2v) is 11.0. The number of carbonyl (C=O) groups is 2. The first kappa shape index (κ1) is 21.7. The number of aliphatic hydroxyl groups is 2. The lowest BCUT2D eigenvalue weighted by molar-refractivity contribution is -0.218. The van der Waals surface area contributed by atoms with Crippen LogP contribution in [0.15, 0.2) is 23.0 Å². The third kappa shape index (κ3) is 2.46. The maximum absolute atomic E-state index is 14.2. The van der Waals surface area contributed by atoms with Gasteiger partial charge in [0.25, 0.3) is 0 Å². The first-order chi connectivity index (χ1) is 16.5. The predicted octanol–water partition coefficient (Wildman–Crippen LogP) is 1.37. The SMILES string of the molecule is CCCCC1OC2C3=C(C(=O)C4OC4C3O)C1C1C(CCCC)OC=C3C(O)C4OC4C(=O)C321. The zero-order valence-electron chi connectivity index (χ0n) is 19.5. The molecule has 1 spiro atoms. The van der Waals surface area contributed by atoms with Crippen LogP contribution < -0.4 is 0 Å². The van der Waals surface area contributed by atoms with E-state index in [1.54, 1.807) is 6.26 Å². The summed E-state index contributed by atoms with van der Waals surface area (Å²) in [4.78, 5) is 27.7. The molecule has 8 rings (SSSR count). The van der Waals surface area contributed by atoms with Crippen molar-refractivity contribution in [2.45, 2.75) is 107 Å². The maximum atomic E-state index is 14.2. The second kappa shape index (κ2) is 7.23. The van der Waals surface area contributed by atoms with Gasteiger partial charge in [0.05, 0.1) is 23.9 Å². The van der Waals surface area contributed by atoms with Crippen molar-refractivity contribution in [2.24, 2.45) is 17.3 Å². The summed E-state index contributed by atoms with van der Waals surface area (Å²) >= 11 is 0. The van der Waals surface area contributed by atoms with Crippen LogP contribution in [-0.4, -0.2) is 76.7 Å². The third-order valence-corrected chi connectivity index (χ3v) is 9.40. The third-order valence-electron chi connectivity index (χ3n) is 9.40. The van der Waals surface area contributed by atoms with Gasteiger partial charge in [-0.3, -0.25) is 9.59 Å². The largest absolute Gasteiger partial charge is 0.498 e. The molecule has 5 aliphatic heterocycles. The number of hydrogen-bond donors (Lipinski definition) is 2. The lowest BCUT2D eigenvalue weighted by Gasteiger charge is -2.64. The summed E-state index contributed by atoms with van der Waals surface area (Å²) in [6.45, 7) is 4.23. The van der Waals surface area contributed by atoms with Crippen molar-refractivity contribution in [3.8, 4) is 0 Å². The van der Waals surface area contributed by atoms with Gasteiger partial charge in [-0.1, -0.05) is 39.5 Å². The lowest BCUT2D eigenvalue weighted by atomic mass is 9.44. The summed E-state index contributed by atoms with van der Waals surface area (Å²) in [5, 5.41) is 22.4. The van der Waals surface area contributed by atoms with Gasteiger partial charge >= 0.3 is 0 Å². The Morgan fingerprint density at radius 3 is 2.32 bits per heavy atom. The van der Waals surface area contributed by atoms with E-state index >= 15 is 0 Å². The fourth-order valence-corrected chi connectivity index (χ4v) is 7.85. The number of carbonyl (C=O) groups excluding carboxylic acids is 2. The first-order valence-corrected chi connectivity index (χ1v) is 13.0. The molecule has 3 aliphatic carbocycles. The molecule has 34 heavy (non-hydrogen) atoms. The van der Waals surface area contributed by atoms with Crippen LogP contribution in [0.4, 0.5) is 0 Å². The van der Waals surface area contributed by atoms with Crippen molar-refractivity contribution in [1.29, 1.82) is 0 Å². The van der Waals surface area contributed by atoms with Crippen LogP contribution in [0.1, 0.15) is 52.4 Å². The number of ketones is 2. The Bertz CT molecular complexity index is 1020. The van der Waals surface area contributed by atoms with E-state index in [4.69, 9.17) is 18.9 Å². The van der Waals surface area contributed by atoms with Crippen molar-refractivity contribution >= 4 is 11.6 Å². The fraction of sp³-hybridized carbons (Fsp3) is 0.769. The highest BCUT2D eigenvalue weighted by molar-refractivity contribution is 6.06. The van der Waals surface area contributed by atoms with Crippen LogP contribution in [0.25, 0.3) is 0 Å². The average Bonchev–Trinajstić information content (AvgIpc) is 3.76. The van der Waals surface area contributed by atoms with Gasteiger partial charge in [-0.05, 0) is 18.4 Å². The molecular weight excluding hydrogens is 440 g/mol. The molecule has 3 saturated heterocycles. The van der Waals surface area contributed by atoms with Crippen LogP contribution in [0.3, 0.4) is 0 Å². The molecule has 4 fully saturated rings. The summed E-state index contributed by atoms with van der Waals surface area (Å²) in [7, 11) is 0. The quantitative estimate of drug-likeness (QED) is 0.557. The van der Waals surface area contributed by atoms with Gasteiger partial charge in [0.1, 0.15) is 42.7 Å². The Hall–Kier alpha value is -1.58. The lowest BCUT2D eigenvalue weighted by Crippen LogP contribution is -2.73. The van der Waals surface area contributed by atoms with Gasteiger partial charge in [-0.25, -0.2) is 0 Å². The Balaban J connectivity index is 1.45. The molecule has 5 heterocycles. The molecule has 0 aromatic rings. The molecule has 2 bridgehead atoms. The van der Waals surface area contributed by atoms with Crippen molar-refractivity contribution in [2.75, 3.05) is 0 Å². The van der Waals surface area contributed by atoms with Gasteiger partial charge in [0.15, 0.2) is 11.6 Å². The van der Waals surface area contributed by atoms with Gasteiger partial charge < -0.3 is 29.2 Å². The van der Waals surface area contributed by atoms with Crippen LogP contribution in [-0.2, 0) is 28.5 Å². The van der Waals surface area contributed by atoms with E-state index in [9.17, 15) is 19.8 Å².